The van der Waals surface area contributed by atoms with Crippen LogP contribution in [0.3, 0.4) is 0 Å². The first-order valence-corrected chi connectivity index (χ1v) is 15.6. The Morgan fingerprint density at radius 3 is 1.80 bits per heavy atom. The molecule has 0 saturated heterocycles. The first-order chi connectivity index (χ1) is 21.8. The molecule has 2 atom stereocenters. The second-order valence-electron chi connectivity index (χ2n) is 12.1. The van der Waals surface area contributed by atoms with Crippen molar-refractivity contribution in [2.24, 2.45) is 0 Å². The molecule has 3 aliphatic rings. The minimum Gasteiger partial charge on any atom is -0.377 e. The number of benzene rings is 6. The standard InChI is InChI=1S/C42H30BN/c1-2-10-33-30(9-1)27-38-34-11-3-4-14-37(34)41(33)42(38)44-32-25-21-29(22-26-32)18-17-28-19-23-31(24-20-28)43-39-15-7-5-12-35(39)36-13-6-8-16-40(36)43/h1-27,38,42,44H/b18-17+. The Kier molecular flexibility index (Phi) is 5.80. The third-order valence-electron chi connectivity index (χ3n) is 9.69. The molecule has 2 aliphatic carbocycles. The van der Waals surface area contributed by atoms with E-state index in [1.165, 1.54) is 65.8 Å². The minimum atomic E-state index is 0.237. The number of hydrogen-bond donors (Lipinski definition) is 1. The second kappa shape index (κ2) is 10.1. The molecular formula is C42H30BN. The van der Waals surface area contributed by atoms with Gasteiger partial charge in [0.05, 0.1) is 6.04 Å². The van der Waals surface area contributed by atoms with E-state index >= 15 is 0 Å². The zero-order valence-corrected chi connectivity index (χ0v) is 24.3. The molecule has 9 rings (SSSR count). The molecule has 0 saturated carbocycles. The third kappa shape index (κ3) is 4.02. The maximum atomic E-state index is 3.89. The van der Waals surface area contributed by atoms with Gasteiger partial charge >= 0.3 is 0 Å². The molecule has 0 aromatic heterocycles. The van der Waals surface area contributed by atoms with Crippen LogP contribution in [0, 0.1) is 0 Å². The predicted octanol–water partition coefficient (Wildman–Crippen LogP) is 5.92. The molecule has 1 nitrogen and oxygen atoms in total. The van der Waals surface area contributed by atoms with Crippen LogP contribution < -0.4 is 32.1 Å². The SMILES string of the molecule is C1=c2ccccc2=C2c3ccccc3C1C2Nc1ccc(/C=C/c2ccc(B3c4ccccc4-c4ccccc43)cc2)cc1. The lowest BCUT2D eigenvalue weighted by Crippen LogP contribution is -2.48. The Balaban J connectivity index is 0.941. The predicted molar refractivity (Wildman–Crippen MR) is 188 cm³/mol. The van der Waals surface area contributed by atoms with Crippen LogP contribution in [0.25, 0.3) is 34.9 Å². The molecule has 1 N–H and O–H groups in total. The Labute approximate surface area is 258 Å². The van der Waals surface area contributed by atoms with Gasteiger partial charge < -0.3 is 5.32 Å². The van der Waals surface area contributed by atoms with Gasteiger partial charge in [0.25, 0.3) is 0 Å². The van der Waals surface area contributed by atoms with E-state index < -0.39 is 0 Å². The topological polar surface area (TPSA) is 12.0 Å². The molecule has 2 unspecified atom stereocenters. The zero-order chi connectivity index (χ0) is 29.0. The van der Waals surface area contributed by atoms with E-state index in [-0.39, 0.29) is 12.8 Å². The normalized spacial score (nSPS) is 17.1. The summed E-state index contributed by atoms with van der Waals surface area (Å²) in [6.45, 7) is 0.289. The number of anilines is 1. The molecule has 0 spiro atoms. The summed E-state index contributed by atoms with van der Waals surface area (Å²) in [5.41, 5.74) is 14.6. The summed E-state index contributed by atoms with van der Waals surface area (Å²) in [6, 6.07) is 53.5. The van der Waals surface area contributed by atoms with Crippen molar-refractivity contribution >= 4 is 52.6 Å². The molecule has 2 heteroatoms. The maximum absolute atomic E-state index is 3.89. The van der Waals surface area contributed by atoms with Crippen LogP contribution in [0.1, 0.15) is 28.2 Å². The first kappa shape index (κ1) is 25.2. The van der Waals surface area contributed by atoms with Gasteiger partial charge in [-0.1, -0.05) is 168 Å². The highest BCUT2D eigenvalue weighted by Gasteiger charge is 2.37. The van der Waals surface area contributed by atoms with Crippen molar-refractivity contribution in [2.75, 3.05) is 5.32 Å². The van der Waals surface area contributed by atoms with Gasteiger partial charge in [0.2, 0.25) is 6.71 Å². The van der Waals surface area contributed by atoms with Crippen LogP contribution >= 0.6 is 0 Å². The van der Waals surface area contributed by atoms with E-state index in [0.29, 0.717) is 5.92 Å². The number of fused-ring (bicyclic) bond motifs is 9. The van der Waals surface area contributed by atoms with E-state index in [9.17, 15) is 0 Å². The maximum Gasteiger partial charge on any atom is 0.242 e. The summed E-state index contributed by atoms with van der Waals surface area (Å²) < 4.78 is 0. The fraction of sp³-hybridized carbons (Fsp3) is 0.0476. The van der Waals surface area contributed by atoms with Crippen molar-refractivity contribution in [3.05, 3.63) is 178 Å². The van der Waals surface area contributed by atoms with Gasteiger partial charge in [-0.3, -0.25) is 0 Å². The summed E-state index contributed by atoms with van der Waals surface area (Å²) in [6.07, 6.45) is 6.86. The average molecular weight is 560 g/mol. The van der Waals surface area contributed by atoms with Crippen molar-refractivity contribution in [1.82, 2.24) is 0 Å². The molecular weight excluding hydrogens is 529 g/mol. The van der Waals surface area contributed by atoms with Crippen LogP contribution in [0.5, 0.6) is 0 Å². The summed E-state index contributed by atoms with van der Waals surface area (Å²) in [5.74, 6) is 0.338. The quantitative estimate of drug-likeness (QED) is 0.204. The van der Waals surface area contributed by atoms with Crippen molar-refractivity contribution in [1.29, 1.82) is 0 Å². The smallest absolute Gasteiger partial charge is 0.242 e. The highest BCUT2D eigenvalue weighted by atomic mass is 14.9. The summed E-state index contributed by atoms with van der Waals surface area (Å²) in [4.78, 5) is 0. The van der Waals surface area contributed by atoms with Crippen LogP contribution in [-0.2, 0) is 0 Å². The van der Waals surface area contributed by atoms with E-state index in [1.807, 2.05) is 0 Å². The number of rotatable bonds is 5. The molecule has 206 valence electrons. The molecule has 0 radical (unpaired) electrons. The van der Waals surface area contributed by atoms with Gasteiger partial charge in [0.1, 0.15) is 0 Å². The molecule has 1 aliphatic heterocycles. The van der Waals surface area contributed by atoms with Crippen molar-refractivity contribution in [3.63, 3.8) is 0 Å². The Hall–Kier alpha value is -5.34. The van der Waals surface area contributed by atoms with Crippen LogP contribution in [0.2, 0.25) is 0 Å². The number of hydrogen-bond acceptors (Lipinski definition) is 1. The van der Waals surface area contributed by atoms with E-state index in [0.717, 1.165) is 5.69 Å². The third-order valence-corrected chi connectivity index (χ3v) is 9.69. The monoisotopic (exact) mass is 559 g/mol. The fourth-order valence-corrected chi connectivity index (χ4v) is 7.68. The van der Waals surface area contributed by atoms with Crippen molar-refractivity contribution in [3.8, 4) is 11.1 Å². The highest BCUT2D eigenvalue weighted by molar-refractivity contribution is 6.99. The van der Waals surface area contributed by atoms with E-state index in [4.69, 9.17) is 0 Å². The van der Waals surface area contributed by atoms with Gasteiger partial charge in [-0.15, -0.1) is 0 Å². The van der Waals surface area contributed by atoms with Gasteiger partial charge in [-0.2, -0.15) is 0 Å². The minimum absolute atomic E-state index is 0.237. The molecule has 6 aromatic carbocycles. The first-order valence-electron chi connectivity index (χ1n) is 15.6. The van der Waals surface area contributed by atoms with Crippen LogP contribution in [0.4, 0.5) is 5.69 Å². The van der Waals surface area contributed by atoms with Gasteiger partial charge in [-0.05, 0) is 61.5 Å². The van der Waals surface area contributed by atoms with Crippen molar-refractivity contribution < 1.29 is 0 Å². The molecule has 0 fully saturated rings. The Bertz CT molecular complexity index is 2160. The molecule has 1 heterocycles. The molecule has 44 heavy (non-hydrogen) atoms. The van der Waals surface area contributed by atoms with Gasteiger partial charge in [-0.25, -0.2) is 0 Å². The van der Waals surface area contributed by atoms with Crippen LogP contribution in [0.15, 0.2) is 146 Å². The van der Waals surface area contributed by atoms with E-state index in [1.54, 1.807) is 0 Å². The zero-order valence-electron chi connectivity index (χ0n) is 24.3. The van der Waals surface area contributed by atoms with Gasteiger partial charge in [0.15, 0.2) is 0 Å². The molecule has 6 aromatic rings. The lowest BCUT2D eigenvalue weighted by molar-refractivity contribution is 0.837. The molecule has 0 amide bonds. The Morgan fingerprint density at radius 1 is 0.523 bits per heavy atom. The lowest BCUT2D eigenvalue weighted by Gasteiger charge is -2.25. The summed E-state index contributed by atoms with van der Waals surface area (Å²) in [5, 5.41) is 6.57. The summed E-state index contributed by atoms with van der Waals surface area (Å²) in [7, 11) is 0. The fourth-order valence-electron chi connectivity index (χ4n) is 7.68. The lowest BCUT2D eigenvalue weighted by atomic mass is 9.39. The molecule has 2 bridgehead atoms. The summed E-state index contributed by atoms with van der Waals surface area (Å²) >= 11 is 0. The number of nitrogens with one attached hydrogen (secondary N) is 1. The van der Waals surface area contributed by atoms with Crippen molar-refractivity contribution in [2.45, 2.75) is 12.0 Å². The highest BCUT2D eigenvalue weighted by Crippen LogP contribution is 2.43. The second-order valence-corrected chi connectivity index (χ2v) is 12.1. The van der Waals surface area contributed by atoms with E-state index in [2.05, 4.69) is 169 Å². The average Bonchev–Trinajstić information content (AvgIpc) is 3.52. The van der Waals surface area contributed by atoms with Crippen LogP contribution in [-0.4, -0.2) is 12.8 Å². The van der Waals surface area contributed by atoms with Gasteiger partial charge in [0, 0.05) is 11.6 Å². The largest absolute Gasteiger partial charge is 0.377 e. The Morgan fingerprint density at radius 2 is 1.09 bits per heavy atom.